The number of sulfonamides is 1. The maximum atomic E-state index is 13.0. The number of hydrogen-bond donors (Lipinski definition) is 2. The van der Waals surface area contributed by atoms with Crippen molar-refractivity contribution in [1.82, 2.24) is 24.6 Å². The number of carbonyl (C=O) groups is 1. The summed E-state index contributed by atoms with van der Waals surface area (Å²) in [6.45, 7) is 2.86. The fourth-order valence-electron chi connectivity index (χ4n) is 4.20. The number of aromatic nitrogens is 3. The molecule has 0 bridgehead atoms. The summed E-state index contributed by atoms with van der Waals surface area (Å²) in [5, 5.41) is 3.49. The normalized spacial score (nSPS) is 19.5. The third-order valence-corrected chi connectivity index (χ3v) is 8.03. The van der Waals surface area contributed by atoms with E-state index in [9.17, 15) is 17.6 Å². The standard InChI is InChI=1S/C22H27FN6O3S/c1-15-8-11-29(13-19(15)28(2)21-18-7-9-24-20(18)26-14-27-21)33(31,32)12-10-25-22(30)16-3-5-17(23)6-4-16/h3-7,9,14-15,19H,8,10-13H2,1-2H3,(H,25,30)(H,24,26,27). The van der Waals surface area contributed by atoms with Crippen LogP contribution in [0.25, 0.3) is 11.0 Å². The Morgan fingerprint density at radius 2 is 2.03 bits per heavy atom. The van der Waals surface area contributed by atoms with E-state index in [0.717, 1.165) is 23.3 Å². The van der Waals surface area contributed by atoms with Crippen molar-refractivity contribution < 1.29 is 17.6 Å². The van der Waals surface area contributed by atoms with Gasteiger partial charge in [-0.1, -0.05) is 6.92 Å². The smallest absolute Gasteiger partial charge is 0.251 e. The molecule has 2 N–H and O–H groups in total. The van der Waals surface area contributed by atoms with Crippen LogP contribution < -0.4 is 10.2 Å². The molecule has 1 amide bonds. The molecule has 0 saturated carbocycles. The number of rotatable bonds is 7. The van der Waals surface area contributed by atoms with Crippen LogP contribution >= 0.6 is 0 Å². The summed E-state index contributed by atoms with van der Waals surface area (Å²) >= 11 is 0. The van der Waals surface area contributed by atoms with Crippen molar-refractivity contribution in [2.45, 2.75) is 19.4 Å². The summed E-state index contributed by atoms with van der Waals surface area (Å²) in [5.41, 5.74) is 1.01. The van der Waals surface area contributed by atoms with Gasteiger partial charge >= 0.3 is 0 Å². The van der Waals surface area contributed by atoms with Gasteiger partial charge < -0.3 is 15.2 Å². The topological polar surface area (TPSA) is 111 Å². The first kappa shape index (κ1) is 23.1. The lowest BCUT2D eigenvalue weighted by atomic mass is 9.93. The third kappa shape index (κ3) is 4.98. The Balaban J connectivity index is 1.40. The van der Waals surface area contributed by atoms with Gasteiger partial charge in [0.25, 0.3) is 5.91 Å². The SMILES string of the molecule is CC1CCN(S(=O)(=O)CCNC(=O)c2ccc(F)cc2)CC1N(C)c1ncnc2[nH]ccc12. The first-order valence-corrected chi connectivity index (χ1v) is 12.4. The van der Waals surface area contributed by atoms with Crippen LogP contribution in [0.4, 0.5) is 10.2 Å². The summed E-state index contributed by atoms with van der Waals surface area (Å²) in [6.07, 6.45) is 4.02. The highest BCUT2D eigenvalue weighted by atomic mass is 32.2. The second-order valence-electron chi connectivity index (χ2n) is 8.32. The molecule has 0 aliphatic carbocycles. The Labute approximate surface area is 192 Å². The molecule has 2 atom stereocenters. The lowest BCUT2D eigenvalue weighted by Gasteiger charge is -2.41. The molecule has 4 rings (SSSR count). The lowest BCUT2D eigenvalue weighted by molar-refractivity contribution is 0.0956. The molecule has 1 saturated heterocycles. The van der Waals surface area contributed by atoms with Crippen molar-refractivity contribution in [1.29, 1.82) is 0 Å². The van der Waals surface area contributed by atoms with Crippen LogP contribution in [0.3, 0.4) is 0 Å². The van der Waals surface area contributed by atoms with Crippen molar-refractivity contribution in [3.63, 3.8) is 0 Å². The van der Waals surface area contributed by atoms with Crippen LogP contribution in [0.2, 0.25) is 0 Å². The molecule has 1 aliphatic heterocycles. The lowest BCUT2D eigenvalue weighted by Crippen LogP contribution is -2.53. The van der Waals surface area contributed by atoms with Gasteiger partial charge in [-0.25, -0.2) is 22.8 Å². The van der Waals surface area contributed by atoms with Gasteiger partial charge in [0, 0.05) is 44.5 Å². The average Bonchev–Trinajstić information content (AvgIpc) is 3.28. The van der Waals surface area contributed by atoms with E-state index < -0.39 is 21.7 Å². The number of carbonyl (C=O) groups excluding carboxylic acids is 1. The van der Waals surface area contributed by atoms with E-state index in [1.165, 1.54) is 34.9 Å². The zero-order chi connectivity index (χ0) is 23.6. The number of fused-ring (bicyclic) bond motifs is 1. The van der Waals surface area contributed by atoms with E-state index in [4.69, 9.17) is 0 Å². The van der Waals surface area contributed by atoms with Crippen LogP contribution in [0.1, 0.15) is 23.7 Å². The third-order valence-electron chi connectivity index (χ3n) is 6.19. The van der Waals surface area contributed by atoms with E-state index >= 15 is 0 Å². The number of likely N-dealkylation sites (N-methyl/N-ethyl adjacent to an activating group) is 1. The fraction of sp³-hybridized carbons (Fsp3) is 0.409. The monoisotopic (exact) mass is 474 g/mol. The fourth-order valence-corrected chi connectivity index (χ4v) is 5.58. The van der Waals surface area contributed by atoms with Gasteiger partial charge in [0.1, 0.15) is 23.6 Å². The maximum Gasteiger partial charge on any atom is 0.251 e. The van der Waals surface area contributed by atoms with Gasteiger partial charge in [-0.05, 0) is 42.7 Å². The summed E-state index contributed by atoms with van der Waals surface area (Å²) in [7, 11) is -1.65. The Morgan fingerprint density at radius 3 is 2.79 bits per heavy atom. The number of H-pyrrole nitrogens is 1. The number of amides is 1. The Hall–Kier alpha value is -3.05. The molecular formula is C22H27FN6O3S. The second-order valence-corrected chi connectivity index (χ2v) is 10.4. The molecule has 0 radical (unpaired) electrons. The highest BCUT2D eigenvalue weighted by Crippen LogP contribution is 2.29. The second kappa shape index (κ2) is 9.44. The minimum atomic E-state index is -3.58. The predicted molar refractivity (Wildman–Crippen MR) is 124 cm³/mol. The Bertz CT molecular complexity index is 1230. The first-order valence-electron chi connectivity index (χ1n) is 10.8. The van der Waals surface area contributed by atoms with Gasteiger partial charge in [-0.2, -0.15) is 4.31 Å². The van der Waals surface area contributed by atoms with Crippen molar-refractivity contribution in [2.24, 2.45) is 5.92 Å². The minimum absolute atomic E-state index is 0.0268. The number of anilines is 1. The molecule has 0 spiro atoms. The number of hydrogen-bond acceptors (Lipinski definition) is 6. The molecule has 1 aromatic carbocycles. The minimum Gasteiger partial charge on any atom is -0.354 e. The van der Waals surface area contributed by atoms with E-state index in [1.807, 2.05) is 18.0 Å². The predicted octanol–water partition coefficient (Wildman–Crippen LogP) is 2.00. The van der Waals surface area contributed by atoms with Crippen LogP contribution in [0.15, 0.2) is 42.9 Å². The van der Waals surface area contributed by atoms with Gasteiger partial charge in [0.2, 0.25) is 10.0 Å². The van der Waals surface area contributed by atoms with Gasteiger partial charge in [-0.15, -0.1) is 0 Å². The van der Waals surface area contributed by atoms with E-state index in [0.29, 0.717) is 13.1 Å². The van der Waals surface area contributed by atoms with Crippen molar-refractivity contribution in [3.05, 3.63) is 54.2 Å². The van der Waals surface area contributed by atoms with Crippen molar-refractivity contribution in [3.8, 4) is 0 Å². The van der Waals surface area contributed by atoms with Crippen LogP contribution in [0.5, 0.6) is 0 Å². The van der Waals surface area contributed by atoms with Crippen LogP contribution in [-0.2, 0) is 10.0 Å². The van der Waals surface area contributed by atoms with Crippen LogP contribution in [-0.4, -0.2) is 72.1 Å². The maximum absolute atomic E-state index is 13.0. The zero-order valence-corrected chi connectivity index (χ0v) is 19.3. The highest BCUT2D eigenvalue weighted by Gasteiger charge is 2.35. The Kier molecular flexibility index (Phi) is 6.61. The first-order chi connectivity index (χ1) is 15.8. The van der Waals surface area contributed by atoms with Gasteiger partial charge in [-0.3, -0.25) is 4.79 Å². The van der Waals surface area contributed by atoms with Crippen molar-refractivity contribution in [2.75, 3.05) is 37.3 Å². The molecule has 1 fully saturated rings. The van der Waals surface area contributed by atoms with Gasteiger partial charge in [0.05, 0.1) is 11.1 Å². The summed E-state index contributed by atoms with van der Waals surface area (Å²) in [5.74, 6) is -0.0608. The molecule has 3 aromatic rings. The molecule has 9 nitrogen and oxygen atoms in total. The Morgan fingerprint density at radius 1 is 1.27 bits per heavy atom. The molecule has 1 aliphatic rings. The zero-order valence-electron chi connectivity index (χ0n) is 18.5. The van der Waals surface area contributed by atoms with Gasteiger partial charge in [0.15, 0.2) is 0 Å². The number of halogens is 1. The quantitative estimate of drug-likeness (QED) is 0.542. The summed E-state index contributed by atoms with van der Waals surface area (Å²) in [4.78, 5) is 25.9. The summed E-state index contributed by atoms with van der Waals surface area (Å²) < 4.78 is 40.5. The van der Waals surface area contributed by atoms with Crippen LogP contribution in [0, 0.1) is 11.7 Å². The number of nitrogens with zero attached hydrogens (tertiary/aromatic N) is 4. The number of aromatic amines is 1. The number of benzene rings is 1. The molecule has 2 aromatic heterocycles. The molecule has 176 valence electrons. The number of nitrogens with one attached hydrogen (secondary N) is 2. The van der Waals surface area contributed by atoms with E-state index in [2.05, 4.69) is 27.2 Å². The van der Waals surface area contributed by atoms with E-state index in [-0.39, 0.29) is 29.8 Å². The molecular weight excluding hydrogens is 447 g/mol. The molecule has 11 heteroatoms. The van der Waals surface area contributed by atoms with Crippen molar-refractivity contribution >= 4 is 32.8 Å². The molecule has 2 unspecified atom stereocenters. The van der Waals surface area contributed by atoms with E-state index in [1.54, 1.807) is 6.20 Å². The largest absolute Gasteiger partial charge is 0.354 e. The average molecular weight is 475 g/mol. The highest BCUT2D eigenvalue weighted by molar-refractivity contribution is 7.89. The number of piperidine rings is 1. The molecule has 33 heavy (non-hydrogen) atoms. The molecule has 3 heterocycles. The summed E-state index contributed by atoms with van der Waals surface area (Å²) in [6, 6.07) is 6.95.